The van der Waals surface area contributed by atoms with Crippen molar-refractivity contribution in [3.63, 3.8) is 0 Å². The van der Waals surface area contributed by atoms with Crippen molar-refractivity contribution in [1.29, 1.82) is 0 Å². The van der Waals surface area contributed by atoms with Gasteiger partial charge in [0.2, 0.25) is 0 Å². The minimum atomic E-state index is -0.178. The quantitative estimate of drug-likeness (QED) is 0.798. The highest BCUT2D eigenvalue weighted by molar-refractivity contribution is 6.18. The van der Waals surface area contributed by atoms with Gasteiger partial charge in [-0.25, -0.2) is 4.39 Å². The Labute approximate surface area is 101 Å². The molecule has 2 atom stereocenters. The average molecular weight is 242 g/mol. The summed E-state index contributed by atoms with van der Waals surface area (Å²) in [5, 5.41) is 3.51. The molecule has 1 saturated carbocycles. The molecule has 16 heavy (non-hydrogen) atoms. The smallest absolute Gasteiger partial charge is 0.123 e. The van der Waals surface area contributed by atoms with Crippen LogP contribution < -0.4 is 5.32 Å². The van der Waals surface area contributed by atoms with Crippen molar-refractivity contribution in [3.8, 4) is 0 Å². The van der Waals surface area contributed by atoms with Crippen LogP contribution in [0, 0.1) is 11.7 Å². The van der Waals surface area contributed by atoms with Crippen LogP contribution in [0.4, 0.5) is 4.39 Å². The molecule has 0 heterocycles. The summed E-state index contributed by atoms with van der Waals surface area (Å²) in [6.07, 6.45) is 3.70. The van der Waals surface area contributed by atoms with Gasteiger partial charge in [0.1, 0.15) is 5.82 Å². The first-order valence-electron chi connectivity index (χ1n) is 5.83. The van der Waals surface area contributed by atoms with Crippen molar-refractivity contribution in [2.24, 2.45) is 5.92 Å². The Morgan fingerprint density at radius 1 is 1.25 bits per heavy atom. The van der Waals surface area contributed by atoms with Gasteiger partial charge in [0, 0.05) is 18.5 Å². The van der Waals surface area contributed by atoms with Crippen molar-refractivity contribution in [2.45, 2.75) is 31.8 Å². The van der Waals surface area contributed by atoms with Gasteiger partial charge >= 0.3 is 0 Å². The number of halogens is 2. The minimum absolute atomic E-state index is 0.178. The third kappa shape index (κ3) is 2.96. The number of benzene rings is 1. The molecule has 1 aliphatic carbocycles. The normalized spacial score (nSPS) is 24.9. The summed E-state index contributed by atoms with van der Waals surface area (Å²) in [5.74, 6) is 1.16. The van der Waals surface area contributed by atoms with E-state index in [0.29, 0.717) is 12.0 Å². The largest absolute Gasteiger partial charge is 0.310 e. The summed E-state index contributed by atoms with van der Waals surface area (Å²) in [7, 11) is 0. The molecule has 1 fully saturated rings. The monoisotopic (exact) mass is 241 g/mol. The maximum absolute atomic E-state index is 12.7. The molecule has 0 amide bonds. The molecule has 2 rings (SSSR count). The van der Waals surface area contributed by atoms with Crippen molar-refractivity contribution in [1.82, 2.24) is 5.32 Å². The summed E-state index contributed by atoms with van der Waals surface area (Å²) in [4.78, 5) is 0. The first-order valence-corrected chi connectivity index (χ1v) is 6.37. The van der Waals surface area contributed by atoms with Crippen LogP contribution in [-0.4, -0.2) is 11.9 Å². The highest BCUT2D eigenvalue weighted by Gasteiger charge is 2.25. The molecular formula is C13H17ClFN. The fourth-order valence-corrected chi connectivity index (χ4v) is 2.71. The SMILES string of the molecule is Fc1ccc(CNC2CCCC2CCl)cc1. The Kier molecular flexibility index (Phi) is 4.19. The third-order valence-corrected chi connectivity index (χ3v) is 3.74. The van der Waals surface area contributed by atoms with Gasteiger partial charge in [-0.05, 0) is 36.5 Å². The van der Waals surface area contributed by atoms with Gasteiger partial charge in [-0.3, -0.25) is 0 Å². The summed E-state index contributed by atoms with van der Waals surface area (Å²) in [6.45, 7) is 0.804. The summed E-state index contributed by atoms with van der Waals surface area (Å²) >= 11 is 5.92. The first kappa shape index (κ1) is 11.9. The van der Waals surface area contributed by atoms with Gasteiger partial charge in [0.15, 0.2) is 0 Å². The van der Waals surface area contributed by atoms with Crippen molar-refractivity contribution in [3.05, 3.63) is 35.6 Å². The second-order valence-corrected chi connectivity index (χ2v) is 4.77. The lowest BCUT2D eigenvalue weighted by molar-refractivity contribution is 0.429. The van der Waals surface area contributed by atoms with Gasteiger partial charge in [0.25, 0.3) is 0 Å². The van der Waals surface area contributed by atoms with Gasteiger partial charge in [-0.1, -0.05) is 18.6 Å². The van der Waals surface area contributed by atoms with Crippen LogP contribution in [0.15, 0.2) is 24.3 Å². The molecule has 1 aliphatic rings. The van der Waals surface area contributed by atoms with E-state index in [2.05, 4.69) is 5.32 Å². The number of alkyl halides is 1. The van der Waals surface area contributed by atoms with E-state index in [9.17, 15) is 4.39 Å². The van der Waals surface area contributed by atoms with Crippen LogP contribution in [0.5, 0.6) is 0 Å². The molecule has 1 N–H and O–H groups in total. The second-order valence-electron chi connectivity index (χ2n) is 4.46. The van der Waals surface area contributed by atoms with Gasteiger partial charge in [-0.15, -0.1) is 11.6 Å². The molecule has 1 aromatic rings. The molecule has 1 aromatic carbocycles. The van der Waals surface area contributed by atoms with E-state index in [1.807, 2.05) is 12.1 Å². The van der Waals surface area contributed by atoms with E-state index in [1.165, 1.54) is 31.4 Å². The predicted octanol–water partition coefficient (Wildman–Crippen LogP) is 3.32. The number of hydrogen-bond donors (Lipinski definition) is 1. The maximum Gasteiger partial charge on any atom is 0.123 e. The van der Waals surface area contributed by atoms with E-state index in [4.69, 9.17) is 11.6 Å². The molecular weight excluding hydrogens is 225 g/mol. The Hall–Kier alpha value is -0.600. The highest BCUT2D eigenvalue weighted by atomic mass is 35.5. The molecule has 0 aromatic heterocycles. The van der Waals surface area contributed by atoms with Gasteiger partial charge < -0.3 is 5.32 Å². The van der Waals surface area contributed by atoms with E-state index in [0.717, 1.165) is 18.0 Å². The number of rotatable bonds is 4. The van der Waals surface area contributed by atoms with Crippen LogP contribution in [0.3, 0.4) is 0 Å². The predicted molar refractivity (Wildman–Crippen MR) is 65.1 cm³/mol. The Morgan fingerprint density at radius 3 is 2.69 bits per heavy atom. The van der Waals surface area contributed by atoms with E-state index < -0.39 is 0 Å². The third-order valence-electron chi connectivity index (χ3n) is 3.34. The van der Waals surface area contributed by atoms with Gasteiger partial charge in [-0.2, -0.15) is 0 Å². The summed E-state index contributed by atoms with van der Waals surface area (Å²) in [5.41, 5.74) is 1.13. The van der Waals surface area contributed by atoms with Crippen LogP contribution in [0.25, 0.3) is 0 Å². The standard InChI is InChI=1S/C13H17ClFN/c14-8-11-2-1-3-13(11)16-9-10-4-6-12(15)7-5-10/h4-7,11,13,16H,1-3,8-9H2. The number of nitrogens with one attached hydrogen (secondary N) is 1. The fraction of sp³-hybridized carbons (Fsp3) is 0.538. The van der Waals surface area contributed by atoms with E-state index >= 15 is 0 Å². The van der Waals surface area contributed by atoms with E-state index in [-0.39, 0.29) is 5.82 Å². The lowest BCUT2D eigenvalue weighted by Crippen LogP contribution is -2.32. The molecule has 1 nitrogen and oxygen atoms in total. The first-order chi connectivity index (χ1) is 7.79. The lowest BCUT2D eigenvalue weighted by atomic mass is 10.1. The topological polar surface area (TPSA) is 12.0 Å². The van der Waals surface area contributed by atoms with Crippen LogP contribution in [0.2, 0.25) is 0 Å². The molecule has 0 saturated heterocycles. The van der Waals surface area contributed by atoms with Crippen molar-refractivity contribution >= 4 is 11.6 Å². The molecule has 0 radical (unpaired) electrons. The summed E-state index contributed by atoms with van der Waals surface area (Å²) < 4.78 is 12.7. The van der Waals surface area contributed by atoms with Crippen molar-refractivity contribution in [2.75, 3.05) is 5.88 Å². The molecule has 0 spiro atoms. The highest BCUT2D eigenvalue weighted by Crippen LogP contribution is 2.26. The zero-order chi connectivity index (χ0) is 11.4. The average Bonchev–Trinajstić information content (AvgIpc) is 2.76. The number of hydrogen-bond acceptors (Lipinski definition) is 1. The molecule has 88 valence electrons. The van der Waals surface area contributed by atoms with Gasteiger partial charge in [0.05, 0.1) is 0 Å². The second kappa shape index (κ2) is 5.65. The molecule has 0 bridgehead atoms. The minimum Gasteiger partial charge on any atom is -0.310 e. The zero-order valence-electron chi connectivity index (χ0n) is 9.26. The Morgan fingerprint density at radius 2 is 2.00 bits per heavy atom. The Balaban J connectivity index is 1.85. The van der Waals surface area contributed by atoms with Crippen LogP contribution in [-0.2, 0) is 6.54 Å². The van der Waals surface area contributed by atoms with Crippen LogP contribution >= 0.6 is 11.6 Å². The molecule has 3 heteroatoms. The zero-order valence-corrected chi connectivity index (χ0v) is 10.0. The van der Waals surface area contributed by atoms with Crippen LogP contribution in [0.1, 0.15) is 24.8 Å². The summed E-state index contributed by atoms with van der Waals surface area (Å²) in [6, 6.07) is 7.19. The lowest BCUT2D eigenvalue weighted by Gasteiger charge is -2.18. The van der Waals surface area contributed by atoms with E-state index in [1.54, 1.807) is 0 Å². The molecule has 0 aliphatic heterocycles. The fourth-order valence-electron chi connectivity index (χ4n) is 2.34. The maximum atomic E-state index is 12.7. The molecule has 2 unspecified atom stereocenters. The van der Waals surface area contributed by atoms with Crippen molar-refractivity contribution < 1.29 is 4.39 Å². The Bertz CT molecular complexity index is 325.